The summed E-state index contributed by atoms with van der Waals surface area (Å²) in [6.45, 7) is 0. The SMILES string of the molecule is O=C(Nc1ccncc1)c1[nH]c(-c2ccc[nH+]c2)[n+]2ccccc12. The van der Waals surface area contributed by atoms with Gasteiger partial charge in [-0.15, -0.1) is 0 Å². The molecule has 3 N–H and O–H groups in total. The van der Waals surface area contributed by atoms with Crippen LogP contribution in [-0.2, 0) is 0 Å². The number of nitrogens with zero attached hydrogens (tertiary/aromatic N) is 2. The summed E-state index contributed by atoms with van der Waals surface area (Å²) in [6, 6.07) is 13.2. The van der Waals surface area contributed by atoms with Gasteiger partial charge in [-0.1, -0.05) is 6.07 Å². The van der Waals surface area contributed by atoms with Gasteiger partial charge in [0, 0.05) is 24.1 Å². The highest BCUT2D eigenvalue weighted by molar-refractivity contribution is 6.07. The van der Waals surface area contributed by atoms with Crippen LogP contribution in [0.1, 0.15) is 10.5 Å². The number of hydrogen-bond donors (Lipinski definition) is 2. The maximum absolute atomic E-state index is 12.7. The molecule has 1 amide bonds. The number of imidazole rings is 1. The fourth-order valence-corrected chi connectivity index (χ4v) is 2.64. The van der Waals surface area contributed by atoms with E-state index >= 15 is 0 Å². The number of carbonyl (C=O) groups excluding carboxylic acids is 1. The van der Waals surface area contributed by atoms with E-state index in [2.05, 4.69) is 20.3 Å². The zero-order valence-electron chi connectivity index (χ0n) is 12.7. The first-order valence-electron chi connectivity index (χ1n) is 7.53. The van der Waals surface area contributed by atoms with Crippen molar-refractivity contribution in [2.75, 3.05) is 5.32 Å². The fourth-order valence-electron chi connectivity index (χ4n) is 2.64. The monoisotopic (exact) mass is 317 g/mol. The summed E-state index contributed by atoms with van der Waals surface area (Å²) in [5, 5.41) is 2.88. The number of pyridine rings is 3. The maximum atomic E-state index is 12.7. The van der Waals surface area contributed by atoms with Gasteiger partial charge in [-0.3, -0.25) is 9.78 Å². The standard InChI is InChI=1S/C18H13N5O/c24-18(21-14-6-9-19-10-7-14)16-15-5-1-2-11-23(15)17(22-16)13-4-3-8-20-12-13/h1-12H,(H,19,21,24)/p+2. The molecule has 116 valence electrons. The van der Waals surface area contributed by atoms with Crippen LogP contribution in [0.25, 0.3) is 16.9 Å². The van der Waals surface area contributed by atoms with E-state index in [-0.39, 0.29) is 5.91 Å². The van der Waals surface area contributed by atoms with Crippen LogP contribution in [0.4, 0.5) is 5.69 Å². The first-order chi connectivity index (χ1) is 11.8. The second kappa shape index (κ2) is 5.92. The number of fused-ring (bicyclic) bond motifs is 1. The molecular formula is C18H15N5O+2. The van der Waals surface area contributed by atoms with E-state index in [4.69, 9.17) is 0 Å². The summed E-state index contributed by atoms with van der Waals surface area (Å²) in [4.78, 5) is 22.9. The van der Waals surface area contributed by atoms with Crippen molar-refractivity contribution < 1.29 is 14.2 Å². The molecule has 0 aliphatic rings. The van der Waals surface area contributed by atoms with Crippen LogP contribution >= 0.6 is 0 Å². The Morgan fingerprint density at radius 3 is 2.79 bits per heavy atom. The van der Waals surface area contributed by atoms with E-state index in [1.165, 1.54) is 0 Å². The highest BCUT2D eigenvalue weighted by Crippen LogP contribution is 2.17. The molecule has 0 aromatic carbocycles. The molecule has 24 heavy (non-hydrogen) atoms. The molecule has 6 nitrogen and oxygen atoms in total. The molecule has 4 aromatic heterocycles. The molecule has 4 heterocycles. The van der Waals surface area contributed by atoms with Crippen molar-refractivity contribution in [2.45, 2.75) is 0 Å². The molecule has 0 radical (unpaired) electrons. The largest absolute Gasteiger partial charge is 0.319 e. The Hall–Kier alpha value is -3.54. The van der Waals surface area contributed by atoms with E-state index in [0.29, 0.717) is 11.4 Å². The lowest BCUT2D eigenvalue weighted by Gasteiger charge is -2.00. The first kappa shape index (κ1) is 14.1. The van der Waals surface area contributed by atoms with Crippen molar-refractivity contribution in [2.24, 2.45) is 0 Å². The van der Waals surface area contributed by atoms with Crippen molar-refractivity contribution in [3.8, 4) is 11.4 Å². The summed E-state index contributed by atoms with van der Waals surface area (Å²) < 4.78 is 1.96. The number of hydrogen-bond acceptors (Lipinski definition) is 2. The molecule has 0 bridgehead atoms. The summed E-state index contributed by atoms with van der Waals surface area (Å²) in [7, 11) is 0. The van der Waals surface area contributed by atoms with E-state index in [1.54, 1.807) is 24.5 Å². The summed E-state index contributed by atoms with van der Waals surface area (Å²) in [5.74, 6) is 0.637. The second-order valence-corrected chi connectivity index (χ2v) is 5.29. The first-order valence-corrected chi connectivity index (χ1v) is 7.53. The Kier molecular flexibility index (Phi) is 3.47. The summed E-state index contributed by atoms with van der Waals surface area (Å²) in [5.41, 5.74) is 2.98. The molecular weight excluding hydrogens is 302 g/mol. The Morgan fingerprint density at radius 1 is 1.12 bits per heavy atom. The normalized spacial score (nSPS) is 10.7. The molecule has 0 unspecified atom stereocenters. The van der Waals surface area contributed by atoms with Crippen molar-refractivity contribution in [3.63, 3.8) is 0 Å². The Balaban J connectivity index is 1.80. The molecule has 0 aliphatic heterocycles. The highest BCUT2D eigenvalue weighted by Gasteiger charge is 2.25. The van der Waals surface area contributed by atoms with Crippen molar-refractivity contribution in [1.82, 2.24) is 9.97 Å². The number of anilines is 1. The van der Waals surface area contributed by atoms with Gasteiger partial charge in [-0.05, 0) is 30.3 Å². The van der Waals surface area contributed by atoms with Gasteiger partial charge < -0.3 is 5.32 Å². The van der Waals surface area contributed by atoms with Gasteiger partial charge in [0.1, 0.15) is 5.56 Å². The highest BCUT2D eigenvalue weighted by atomic mass is 16.1. The summed E-state index contributed by atoms with van der Waals surface area (Å²) in [6.07, 6.45) is 8.94. The molecule has 0 fully saturated rings. The minimum atomic E-state index is -0.198. The van der Waals surface area contributed by atoms with E-state index < -0.39 is 0 Å². The Bertz CT molecular complexity index is 996. The second-order valence-electron chi connectivity index (χ2n) is 5.29. The van der Waals surface area contributed by atoms with Crippen LogP contribution in [-0.4, -0.2) is 15.9 Å². The van der Waals surface area contributed by atoms with Gasteiger partial charge in [-0.2, -0.15) is 4.40 Å². The van der Waals surface area contributed by atoms with Crippen LogP contribution in [0.5, 0.6) is 0 Å². The number of nitrogens with one attached hydrogen (secondary N) is 3. The predicted molar refractivity (Wildman–Crippen MR) is 88.1 cm³/mol. The van der Waals surface area contributed by atoms with Crippen LogP contribution in [0.3, 0.4) is 0 Å². The number of rotatable bonds is 3. The molecule has 4 aromatic rings. The molecule has 0 spiro atoms. The lowest BCUT2D eigenvalue weighted by atomic mass is 10.3. The maximum Gasteiger partial charge on any atom is 0.299 e. The van der Waals surface area contributed by atoms with E-state index in [0.717, 1.165) is 16.9 Å². The van der Waals surface area contributed by atoms with Crippen LogP contribution < -0.4 is 14.7 Å². The number of carbonyl (C=O) groups is 1. The topological polar surface area (TPSA) is 76.0 Å². The van der Waals surface area contributed by atoms with Gasteiger partial charge in [0.15, 0.2) is 17.9 Å². The molecule has 0 atom stereocenters. The number of aromatic nitrogens is 4. The zero-order valence-corrected chi connectivity index (χ0v) is 12.7. The molecule has 4 rings (SSSR count). The smallest absolute Gasteiger partial charge is 0.299 e. The number of H-pyrrole nitrogens is 2. The lowest BCUT2D eigenvalue weighted by molar-refractivity contribution is -0.499. The van der Waals surface area contributed by atoms with Gasteiger partial charge >= 0.3 is 0 Å². The predicted octanol–water partition coefficient (Wildman–Crippen LogP) is 1.88. The molecule has 0 aliphatic carbocycles. The lowest BCUT2D eigenvalue weighted by Crippen LogP contribution is -2.22. The number of amides is 1. The van der Waals surface area contributed by atoms with Crippen molar-refractivity contribution in [1.29, 1.82) is 0 Å². The third-order valence-electron chi connectivity index (χ3n) is 3.75. The third-order valence-corrected chi connectivity index (χ3v) is 3.75. The number of aromatic amines is 2. The Labute approximate surface area is 137 Å². The fraction of sp³-hybridized carbons (Fsp3) is 0. The Morgan fingerprint density at radius 2 is 2.00 bits per heavy atom. The third kappa shape index (κ3) is 2.50. The van der Waals surface area contributed by atoms with E-state index in [1.807, 2.05) is 53.3 Å². The minimum Gasteiger partial charge on any atom is -0.319 e. The quantitative estimate of drug-likeness (QED) is 0.566. The van der Waals surface area contributed by atoms with Crippen LogP contribution in [0, 0.1) is 0 Å². The molecule has 6 heteroatoms. The average molecular weight is 317 g/mol. The van der Waals surface area contributed by atoms with Gasteiger partial charge in [0.25, 0.3) is 11.7 Å². The van der Waals surface area contributed by atoms with Crippen LogP contribution in [0.15, 0.2) is 73.4 Å². The molecule has 0 saturated carbocycles. The minimum absolute atomic E-state index is 0.198. The molecule has 0 saturated heterocycles. The van der Waals surface area contributed by atoms with Gasteiger partial charge in [-0.25, -0.2) is 9.97 Å². The van der Waals surface area contributed by atoms with Crippen molar-refractivity contribution in [3.05, 3.63) is 79.1 Å². The summed E-state index contributed by atoms with van der Waals surface area (Å²) >= 11 is 0. The van der Waals surface area contributed by atoms with Gasteiger partial charge in [0.05, 0.1) is 6.20 Å². The average Bonchev–Trinajstić information content (AvgIpc) is 3.03. The van der Waals surface area contributed by atoms with Gasteiger partial charge in [0.2, 0.25) is 5.69 Å². The van der Waals surface area contributed by atoms with Crippen molar-refractivity contribution >= 4 is 17.1 Å². The van der Waals surface area contributed by atoms with Crippen LogP contribution in [0.2, 0.25) is 0 Å². The zero-order chi connectivity index (χ0) is 16.4. The van der Waals surface area contributed by atoms with E-state index in [9.17, 15) is 4.79 Å².